The van der Waals surface area contributed by atoms with Gasteiger partial charge in [0.1, 0.15) is 5.82 Å². The molecule has 11 heavy (non-hydrogen) atoms. The third kappa shape index (κ3) is 1.03. The Balaban J connectivity index is 2.50. The summed E-state index contributed by atoms with van der Waals surface area (Å²) in [4.78, 5) is 0. The molecule has 0 aromatic heterocycles. The lowest BCUT2D eigenvalue weighted by atomic mass is 10.1. The average Bonchev–Trinajstić information content (AvgIpc) is 2.32. The van der Waals surface area contributed by atoms with Crippen molar-refractivity contribution < 1.29 is 9.50 Å². The van der Waals surface area contributed by atoms with E-state index in [0.717, 1.165) is 11.1 Å². The van der Waals surface area contributed by atoms with E-state index in [9.17, 15) is 9.50 Å². The molecule has 1 aliphatic carbocycles. The normalized spacial score (nSPS) is 21.8. The maximum atomic E-state index is 12.6. The topological polar surface area (TPSA) is 20.2 Å². The number of halogens is 1. The molecule has 1 unspecified atom stereocenters. The lowest BCUT2D eigenvalue weighted by molar-refractivity contribution is 0.217. The second-order valence-corrected chi connectivity index (χ2v) is 2.73. The molecule has 1 nitrogen and oxygen atoms in total. The molecule has 2 rings (SSSR count). The maximum Gasteiger partial charge on any atom is 0.123 e. The van der Waals surface area contributed by atoms with Gasteiger partial charge in [0.25, 0.3) is 0 Å². The van der Waals surface area contributed by atoms with Crippen LogP contribution in [-0.2, 0) is 6.42 Å². The van der Waals surface area contributed by atoms with E-state index in [-0.39, 0.29) is 5.82 Å². The minimum absolute atomic E-state index is 0.230. The molecule has 0 spiro atoms. The largest absolute Gasteiger partial charge is 0.388 e. The fourth-order valence-electron chi connectivity index (χ4n) is 1.41. The van der Waals surface area contributed by atoms with E-state index in [4.69, 9.17) is 0 Å². The van der Waals surface area contributed by atoms with Gasteiger partial charge in [-0.2, -0.15) is 0 Å². The Morgan fingerprint density at radius 2 is 2.27 bits per heavy atom. The highest BCUT2D eigenvalue weighted by Gasteiger charge is 2.19. The van der Waals surface area contributed by atoms with Gasteiger partial charge in [0.05, 0.1) is 6.10 Å². The number of aliphatic hydroxyl groups excluding tert-OH is 1. The first-order valence-electron chi connectivity index (χ1n) is 3.57. The van der Waals surface area contributed by atoms with Gasteiger partial charge >= 0.3 is 0 Å². The van der Waals surface area contributed by atoms with Crippen LogP contribution in [0.2, 0.25) is 0 Å². The van der Waals surface area contributed by atoms with Crippen LogP contribution in [0.5, 0.6) is 0 Å². The summed E-state index contributed by atoms with van der Waals surface area (Å²) in [5.74, 6) is -0.230. The molecule has 1 aromatic rings. The van der Waals surface area contributed by atoms with Gasteiger partial charge in [0.2, 0.25) is 0 Å². The van der Waals surface area contributed by atoms with Crippen molar-refractivity contribution in [1.82, 2.24) is 0 Å². The van der Waals surface area contributed by atoms with Crippen molar-refractivity contribution in [2.24, 2.45) is 0 Å². The van der Waals surface area contributed by atoms with Crippen LogP contribution < -0.4 is 0 Å². The summed E-state index contributed by atoms with van der Waals surface area (Å²) in [6.45, 7) is 0. The average molecular weight is 151 g/mol. The third-order valence-electron chi connectivity index (χ3n) is 1.98. The summed E-state index contributed by atoms with van der Waals surface area (Å²) in [6.07, 6.45) is 1.95. The van der Waals surface area contributed by atoms with Crippen LogP contribution in [0.4, 0.5) is 4.39 Å². The van der Waals surface area contributed by atoms with E-state index in [0.29, 0.717) is 6.42 Å². The SMILES string of the molecule is OC1[CH]Cc2cc(F)ccc21. The number of rotatable bonds is 0. The van der Waals surface area contributed by atoms with E-state index < -0.39 is 6.10 Å². The summed E-state index contributed by atoms with van der Waals surface area (Å²) < 4.78 is 12.6. The van der Waals surface area contributed by atoms with Crippen molar-refractivity contribution in [3.8, 4) is 0 Å². The first-order valence-corrected chi connectivity index (χ1v) is 3.57. The summed E-state index contributed by atoms with van der Waals surface area (Å²) in [7, 11) is 0. The maximum absolute atomic E-state index is 12.6. The first-order chi connectivity index (χ1) is 5.27. The zero-order valence-electron chi connectivity index (χ0n) is 5.92. The van der Waals surface area contributed by atoms with Gasteiger partial charge in [-0.05, 0) is 36.1 Å². The highest BCUT2D eigenvalue weighted by atomic mass is 19.1. The van der Waals surface area contributed by atoms with Crippen LogP contribution in [0.3, 0.4) is 0 Å². The molecule has 57 valence electrons. The van der Waals surface area contributed by atoms with Crippen molar-refractivity contribution in [3.63, 3.8) is 0 Å². The molecule has 1 aromatic carbocycles. The Morgan fingerprint density at radius 3 is 3.09 bits per heavy atom. The van der Waals surface area contributed by atoms with Crippen molar-refractivity contribution in [1.29, 1.82) is 0 Å². The van der Waals surface area contributed by atoms with E-state index in [2.05, 4.69) is 0 Å². The molecule has 0 saturated carbocycles. The summed E-state index contributed by atoms with van der Waals surface area (Å²) >= 11 is 0. The third-order valence-corrected chi connectivity index (χ3v) is 1.98. The molecular weight excluding hydrogens is 143 g/mol. The summed E-state index contributed by atoms with van der Waals surface area (Å²) in [5, 5.41) is 9.29. The van der Waals surface area contributed by atoms with Crippen LogP contribution in [0, 0.1) is 12.2 Å². The fraction of sp³-hybridized carbons (Fsp3) is 0.222. The predicted molar refractivity (Wildman–Crippen MR) is 39.4 cm³/mol. The fourth-order valence-corrected chi connectivity index (χ4v) is 1.41. The Labute approximate surface area is 64.5 Å². The summed E-state index contributed by atoms with van der Waals surface area (Å²) in [6, 6.07) is 4.49. The van der Waals surface area contributed by atoms with E-state index in [1.54, 1.807) is 12.5 Å². The highest BCUT2D eigenvalue weighted by Crippen LogP contribution is 2.29. The molecule has 0 fully saturated rings. The monoisotopic (exact) mass is 151 g/mol. The molecule has 0 bridgehead atoms. The van der Waals surface area contributed by atoms with Gasteiger partial charge < -0.3 is 5.11 Å². The minimum atomic E-state index is -0.495. The Kier molecular flexibility index (Phi) is 1.43. The number of benzene rings is 1. The number of aliphatic hydroxyl groups is 1. The predicted octanol–water partition coefficient (Wildman–Crippen LogP) is 1.62. The number of hydrogen-bond donors (Lipinski definition) is 1. The van der Waals surface area contributed by atoms with Gasteiger partial charge in [-0.3, -0.25) is 0 Å². The van der Waals surface area contributed by atoms with Crippen LogP contribution in [0.15, 0.2) is 18.2 Å². The molecular formula is C9H8FO. The molecule has 0 amide bonds. The van der Waals surface area contributed by atoms with Gasteiger partial charge in [-0.25, -0.2) is 4.39 Å². The standard InChI is InChI=1S/C9H8FO/c10-7-2-3-8-6(5-7)1-4-9(8)11/h2-5,9,11H,1H2. The van der Waals surface area contributed by atoms with Crippen LogP contribution in [0.25, 0.3) is 0 Å². The first kappa shape index (κ1) is 6.80. The van der Waals surface area contributed by atoms with E-state index in [1.165, 1.54) is 12.1 Å². The van der Waals surface area contributed by atoms with Crippen molar-refractivity contribution in [2.45, 2.75) is 12.5 Å². The molecule has 1 aliphatic rings. The van der Waals surface area contributed by atoms with Gasteiger partial charge in [0, 0.05) is 0 Å². The molecule has 0 heterocycles. The molecule has 1 radical (unpaired) electrons. The summed E-state index contributed by atoms with van der Waals surface area (Å²) in [5.41, 5.74) is 1.74. The number of fused-ring (bicyclic) bond motifs is 1. The van der Waals surface area contributed by atoms with Gasteiger partial charge in [0.15, 0.2) is 0 Å². The molecule has 0 saturated heterocycles. The van der Waals surface area contributed by atoms with Crippen LogP contribution in [0.1, 0.15) is 17.2 Å². The van der Waals surface area contributed by atoms with Gasteiger partial charge in [-0.15, -0.1) is 0 Å². The van der Waals surface area contributed by atoms with Crippen molar-refractivity contribution in [2.75, 3.05) is 0 Å². The second kappa shape index (κ2) is 2.31. The zero-order chi connectivity index (χ0) is 7.84. The minimum Gasteiger partial charge on any atom is -0.388 e. The van der Waals surface area contributed by atoms with E-state index in [1.807, 2.05) is 0 Å². The highest BCUT2D eigenvalue weighted by molar-refractivity contribution is 5.37. The van der Waals surface area contributed by atoms with Crippen LogP contribution in [-0.4, -0.2) is 5.11 Å². The quantitative estimate of drug-likeness (QED) is 0.597. The molecule has 1 N–H and O–H groups in total. The van der Waals surface area contributed by atoms with E-state index >= 15 is 0 Å². The Hall–Kier alpha value is -0.890. The second-order valence-electron chi connectivity index (χ2n) is 2.73. The van der Waals surface area contributed by atoms with Gasteiger partial charge in [-0.1, -0.05) is 6.07 Å². The molecule has 1 atom stereocenters. The van der Waals surface area contributed by atoms with Crippen molar-refractivity contribution >= 4 is 0 Å². The smallest absolute Gasteiger partial charge is 0.123 e. The number of hydrogen-bond acceptors (Lipinski definition) is 1. The lowest BCUT2D eigenvalue weighted by Gasteiger charge is -2.01. The Bertz CT molecular complexity index is 283. The van der Waals surface area contributed by atoms with Crippen LogP contribution >= 0.6 is 0 Å². The zero-order valence-corrected chi connectivity index (χ0v) is 5.92. The molecule has 0 aliphatic heterocycles. The molecule has 2 heteroatoms. The lowest BCUT2D eigenvalue weighted by Crippen LogP contribution is -1.90. The Morgan fingerprint density at radius 1 is 1.45 bits per heavy atom. The van der Waals surface area contributed by atoms with Crippen molar-refractivity contribution in [3.05, 3.63) is 41.6 Å².